The molecule has 0 amide bonds. The number of halogens is 1. The van der Waals surface area contributed by atoms with Crippen LogP contribution in [0.4, 0.5) is 0 Å². The molecule has 1 rings (SSSR count). The van der Waals surface area contributed by atoms with Gasteiger partial charge in [-0.1, -0.05) is 22.9 Å². The van der Waals surface area contributed by atoms with Gasteiger partial charge in [-0.3, -0.25) is 0 Å². The van der Waals surface area contributed by atoms with Crippen molar-refractivity contribution in [3.63, 3.8) is 0 Å². The molecule has 1 aromatic rings. The van der Waals surface area contributed by atoms with Crippen LogP contribution in [0.5, 0.6) is 5.75 Å². The summed E-state index contributed by atoms with van der Waals surface area (Å²) in [7, 11) is 0. The van der Waals surface area contributed by atoms with Crippen molar-refractivity contribution < 1.29 is 4.74 Å². The van der Waals surface area contributed by atoms with Gasteiger partial charge in [0.1, 0.15) is 5.75 Å². The number of nitrogens with zero attached hydrogens (tertiary/aromatic N) is 1. The second-order valence-corrected chi connectivity index (χ2v) is 4.85. The van der Waals surface area contributed by atoms with Gasteiger partial charge >= 0.3 is 0 Å². The molecule has 0 radical (unpaired) electrons. The Morgan fingerprint density at radius 3 is 2.94 bits per heavy atom. The van der Waals surface area contributed by atoms with Crippen LogP contribution in [0.15, 0.2) is 22.7 Å². The molecule has 0 saturated heterocycles. The van der Waals surface area contributed by atoms with Crippen LogP contribution in [0, 0.1) is 11.3 Å². The van der Waals surface area contributed by atoms with Crippen molar-refractivity contribution >= 4 is 15.9 Å². The molecule has 0 fully saturated rings. The van der Waals surface area contributed by atoms with Gasteiger partial charge in [-0.15, -0.1) is 0 Å². The third-order valence-corrected chi connectivity index (χ3v) is 3.31. The third kappa shape index (κ3) is 5.52. The summed E-state index contributed by atoms with van der Waals surface area (Å²) in [6, 6.07) is 8.16. The standard InChI is InChI=1S/C14H19BrN2O/c1-2-17-11-12-10-13(6-7-14(12)15)18-9-5-3-4-8-16/h6-7,10,17H,2-5,9,11H2,1H3. The van der Waals surface area contributed by atoms with E-state index in [1.165, 1.54) is 5.56 Å². The van der Waals surface area contributed by atoms with E-state index in [2.05, 4.69) is 40.3 Å². The van der Waals surface area contributed by atoms with E-state index in [0.717, 1.165) is 36.2 Å². The van der Waals surface area contributed by atoms with Crippen molar-refractivity contribution in [2.24, 2.45) is 0 Å². The first kappa shape index (κ1) is 15.0. The van der Waals surface area contributed by atoms with E-state index < -0.39 is 0 Å². The predicted molar refractivity (Wildman–Crippen MR) is 76.5 cm³/mol. The lowest BCUT2D eigenvalue weighted by molar-refractivity contribution is 0.307. The average Bonchev–Trinajstić information content (AvgIpc) is 2.39. The Hall–Kier alpha value is -1.05. The Bertz CT molecular complexity index is 401. The fraction of sp³-hybridized carbons (Fsp3) is 0.500. The highest BCUT2D eigenvalue weighted by Gasteiger charge is 2.02. The van der Waals surface area contributed by atoms with Crippen LogP contribution in [-0.2, 0) is 6.54 Å². The summed E-state index contributed by atoms with van der Waals surface area (Å²) in [6.45, 7) is 4.54. The summed E-state index contributed by atoms with van der Waals surface area (Å²) >= 11 is 3.53. The molecule has 98 valence electrons. The van der Waals surface area contributed by atoms with Gasteiger partial charge in [-0.05, 0) is 43.1 Å². The minimum Gasteiger partial charge on any atom is -0.494 e. The van der Waals surface area contributed by atoms with Gasteiger partial charge in [-0.2, -0.15) is 5.26 Å². The maximum atomic E-state index is 8.43. The summed E-state index contributed by atoms with van der Waals surface area (Å²) in [5.74, 6) is 0.892. The first-order chi connectivity index (χ1) is 8.77. The summed E-state index contributed by atoms with van der Waals surface area (Å²) in [6.07, 6.45) is 2.43. The van der Waals surface area contributed by atoms with E-state index in [9.17, 15) is 0 Å². The quantitative estimate of drug-likeness (QED) is 0.746. The molecule has 18 heavy (non-hydrogen) atoms. The SMILES string of the molecule is CCNCc1cc(OCCCCC#N)ccc1Br. The van der Waals surface area contributed by atoms with Gasteiger partial charge in [-0.25, -0.2) is 0 Å². The highest BCUT2D eigenvalue weighted by molar-refractivity contribution is 9.10. The lowest BCUT2D eigenvalue weighted by atomic mass is 10.2. The molecule has 0 atom stereocenters. The van der Waals surface area contributed by atoms with Crippen molar-refractivity contribution in [1.82, 2.24) is 5.32 Å². The van der Waals surface area contributed by atoms with E-state index >= 15 is 0 Å². The van der Waals surface area contributed by atoms with Crippen molar-refractivity contribution in [3.8, 4) is 11.8 Å². The van der Waals surface area contributed by atoms with Gasteiger partial charge in [0, 0.05) is 17.4 Å². The lowest BCUT2D eigenvalue weighted by Crippen LogP contribution is -2.12. The zero-order valence-corrected chi connectivity index (χ0v) is 12.3. The highest BCUT2D eigenvalue weighted by Crippen LogP contribution is 2.22. The summed E-state index contributed by atoms with van der Waals surface area (Å²) < 4.78 is 6.77. The van der Waals surface area contributed by atoms with Gasteiger partial charge in [0.2, 0.25) is 0 Å². The van der Waals surface area contributed by atoms with Crippen molar-refractivity contribution in [2.45, 2.75) is 32.7 Å². The zero-order chi connectivity index (χ0) is 13.2. The number of hydrogen-bond donors (Lipinski definition) is 1. The van der Waals surface area contributed by atoms with E-state index in [1.807, 2.05) is 12.1 Å². The monoisotopic (exact) mass is 310 g/mol. The lowest BCUT2D eigenvalue weighted by Gasteiger charge is -2.10. The van der Waals surface area contributed by atoms with Crippen molar-refractivity contribution in [3.05, 3.63) is 28.2 Å². The van der Waals surface area contributed by atoms with E-state index in [0.29, 0.717) is 13.0 Å². The van der Waals surface area contributed by atoms with E-state index in [4.69, 9.17) is 10.00 Å². The first-order valence-corrected chi connectivity index (χ1v) is 7.06. The smallest absolute Gasteiger partial charge is 0.119 e. The fourth-order valence-corrected chi connectivity index (χ4v) is 1.92. The summed E-state index contributed by atoms with van der Waals surface area (Å²) in [5.41, 5.74) is 1.20. The highest BCUT2D eigenvalue weighted by atomic mass is 79.9. The van der Waals surface area contributed by atoms with Crippen LogP contribution in [0.2, 0.25) is 0 Å². The molecular weight excluding hydrogens is 292 g/mol. The Balaban J connectivity index is 2.43. The molecule has 3 nitrogen and oxygen atoms in total. The third-order valence-electron chi connectivity index (χ3n) is 2.53. The molecule has 0 aliphatic carbocycles. The maximum absolute atomic E-state index is 8.43. The van der Waals surface area contributed by atoms with Crippen LogP contribution >= 0.6 is 15.9 Å². The summed E-state index contributed by atoms with van der Waals surface area (Å²) in [4.78, 5) is 0. The minimum atomic E-state index is 0.607. The van der Waals surface area contributed by atoms with Crippen molar-refractivity contribution in [1.29, 1.82) is 5.26 Å². The van der Waals surface area contributed by atoms with E-state index in [1.54, 1.807) is 0 Å². The Labute approximate surface area is 117 Å². The molecule has 0 aliphatic heterocycles. The van der Waals surface area contributed by atoms with Crippen molar-refractivity contribution in [2.75, 3.05) is 13.2 Å². The fourth-order valence-electron chi connectivity index (χ4n) is 1.53. The first-order valence-electron chi connectivity index (χ1n) is 6.26. The maximum Gasteiger partial charge on any atom is 0.119 e. The molecule has 1 aromatic carbocycles. The molecule has 4 heteroatoms. The Morgan fingerprint density at radius 1 is 1.39 bits per heavy atom. The van der Waals surface area contributed by atoms with Crippen LogP contribution in [0.1, 0.15) is 31.7 Å². The molecule has 0 heterocycles. The molecular formula is C14H19BrN2O. The minimum absolute atomic E-state index is 0.607. The average molecular weight is 311 g/mol. The van der Waals surface area contributed by atoms with Gasteiger partial charge in [0.05, 0.1) is 12.7 Å². The number of unbranched alkanes of at least 4 members (excludes halogenated alkanes) is 2. The number of ether oxygens (including phenoxy) is 1. The molecule has 0 aliphatic rings. The number of nitriles is 1. The molecule has 0 unspecified atom stereocenters. The van der Waals surface area contributed by atoms with Crippen LogP contribution in [-0.4, -0.2) is 13.2 Å². The topological polar surface area (TPSA) is 45.0 Å². The van der Waals surface area contributed by atoms with E-state index in [-0.39, 0.29) is 0 Å². The van der Waals surface area contributed by atoms with Gasteiger partial charge < -0.3 is 10.1 Å². The number of benzene rings is 1. The normalized spacial score (nSPS) is 10.1. The number of hydrogen-bond acceptors (Lipinski definition) is 3. The largest absolute Gasteiger partial charge is 0.494 e. The summed E-state index contributed by atoms with van der Waals surface area (Å²) in [5, 5.41) is 11.7. The van der Waals surface area contributed by atoms with Gasteiger partial charge in [0.15, 0.2) is 0 Å². The Kier molecular flexibility index (Phi) is 7.47. The molecule has 0 saturated carbocycles. The molecule has 1 N–H and O–H groups in total. The zero-order valence-electron chi connectivity index (χ0n) is 10.7. The van der Waals surface area contributed by atoms with Crippen LogP contribution in [0.25, 0.3) is 0 Å². The Morgan fingerprint density at radius 2 is 2.22 bits per heavy atom. The second kappa shape index (κ2) is 8.96. The number of rotatable bonds is 8. The molecule has 0 aromatic heterocycles. The van der Waals surface area contributed by atoms with Crippen LogP contribution in [0.3, 0.4) is 0 Å². The molecule has 0 spiro atoms. The molecule has 0 bridgehead atoms. The second-order valence-electron chi connectivity index (χ2n) is 4.00. The van der Waals surface area contributed by atoms with Gasteiger partial charge in [0.25, 0.3) is 0 Å². The number of nitrogens with one attached hydrogen (secondary N) is 1. The van der Waals surface area contributed by atoms with Crippen LogP contribution < -0.4 is 10.1 Å². The predicted octanol–water partition coefficient (Wildman–Crippen LogP) is 3.63.